The lowest BCUT2D eigenvalue weighted by molar-refractivity contribution is -0.122. The van der Waals surface area contributed by atoms with Crippen molar-refractivity contribution < 1.29 is 9.53 Å². The number of hydrogen-bond acceptors (Lipinski definition) is 2. The summed E-state index contributed by atoms with van der Waals surface area (Å²) < 4.78 is 5.33. The first-order valence-corrected chi connectivity index (χ1v) is 7.32. The molecule has 2 aromatic carbocycles. The third-order valence-electron chi connectivity index (χ3n) is 3.80. The van der Waals surface area contributed by atoms with Crippen LogP contribution in [0.5, 0.6) is 0 Å². The van der Waals surface area contributed by atoms with Gasteiger partial charge in [-0.1, -0.05) is 60.7 Å². The monoisotopic (exact) mass is 281 g/mol. The Morgan fingerprint density at radius 3 is 2.05 bits per heavy atom. The fourth-order valence-electron chi connectivity index (χ4n) is 2.72. The van der Waals surface area contributed by atoms with Crippen LogP contribution in [-0.2, 0) is 9.53 Å². The Kier molecular flexibility index (Phi) is 4.31. The van der Waals surface area contributed by atoms with E-state index in [1.807, 2.05) is 60.7 Å². The lowest BCUT2D eigenvalue weighted by Gasteiger charge is -2.20. The highest BCUT2D eigenvalue weighted by Gasteiger charge is 2.26. The van der Waals surface area contributed by atoms with Crippen LogP contribution >= 0.6 is 0 Å². The molecule has 3 heteroatoms. The van der Waals surface area contributed by atoms with Gasteiger partial charge in [-0.15, -0.1) is 0 Å². The molecule has 1 fully saturated rings. The highest BCUT2D eigenvalue weighted by molar-refractivity contribution is 5.87. The minimum absolute atomic E-state index is 0.0444. The van der Waals surface area contributed by atoms with Gasteiger partial charge in [0.05, 0.1) is 18.6 Å². The Balaban J connectivity index is 1.87. The van der Waals surface area contributed by atoms with Crippen molar-refractivity contribution in [3.05, 3.63) is 71.8 Å². The predicted octanol–water partition coefficient (Wildman–Crippen LogP) is 2.72. The summed E-state index contributed by atoms with van der Waals surface area (Å²) in [5.74, 6) is -0.226. The number of carbonyl (C=O) groups excluding carboxylic acids is 1. The largest absolute Gasteiger partial charge is 0.379 e. The molecule has 2 aromatic rings. The maximum Gasteiger partial charge on any atom is 0.232 e. The second-order valence-electron chi connectivity index (χ2n) is 5.32. The molecule has 1 saturated heterocycles. The first-order chi connectivity index (χ1) is 10.3. The SMILES string of the molecule is O=C(N[C@H]1CCOC1)C(c1ccccc1)c1ccccc1. The second kappa shape index (κ2) is 6.55. The lowest BCUT2D eigenvalue weighted by atomic mass is 9.90. The molecule has 0 spiro atoms. The van der Waals surface area contributed by atoms with Crippen LogP contribution in [-0.4, -0.2) is 25.2 Å². The molecule has 0 radical (unpaired) electrons. The van der Waals surface area contributed by atoms with Crippen LogP contribution in [0.4, 0.5) is 0 Å². The quantitative estimate of drug-likeness (QED) is 0.936. The van der Waals surface area contributed by atoms with Crippen molar-refractivity contribution in [2.75, 3.05) is 13.2 Å². The molecule has 21 heavy (non-hydrogen) atoms. The normalized spacial score (nSPS) is 17.9. The number of benzene rings is 2. The summed E-state index contributed by atoms with van der Waals surface area (Å²) in [5.41, 5.74) is 2.03. The summed E-state index contributed by atoms with van der Waals surface area (Å²) in [4.78, 5) is 12.7. The van der Waals surface area contributed by atoms with Crippen molar-refractivity contribution in [3.8, 4) is 0 Å². The molecule has 1 atom stereocenters. The highest BCUT2D eigenvalue weighted by Crippen LogP contribution is 2.25. The van der Waals surface area contributed by atoms with E-state index < -0.39 is 0 Å². The molecule has 1 aliphatic rings. The van der Waals surface area contributed by atoms with Gasteiger partial charge < -0.3 is 10.1 Å². The molecular formula is C18H19NO2. The molecule has 1 heterocycles. The van der Waals surface area contributed by atoms with Gasteiger partial charge in [0.2, 0.25) is 5.91 Å². The first kappa shape index (κ1) is 13.8. The van der Waals surface area contributed by atoms with Crippen LogP contribution in [0.1, 0.15) is 23.5 Å². The molecule has 0 saturated carbocycles. The zero-order chi connectivity index (χ0) is 14.5. The van der Waals surface area contributed by atoms with Gasteiger partial charge in [-0.3, -0.25) is 4.79 Å². The number of nitrogens with one attached hydrogen (secondary N) is 1. The van der Waals surface area contributed by atoms with Crippen LogP contribution in [0, 0.1) is 0 Å². The van der Waals surface area contributed by atoms with Crippen molar-refractivity contribution in [1.29, 1.82) is 0 Å². The van der Waals surface area contributed by atoms with Crippen LogP contribution in [0.3, 0.4) is 0 Å². The van der Waals surface area contributed by atoms with Crippen molar-refractivity contribution in [2.24, 2.45) is 0 Å². The van der Waals surface area contributed by atoms with E-state index in [-0.39, 0.29) is 17.9 Å². The zero-order valence-corrected chi connectivity index (χ0v) is 11.9. The van der Waals surface area contributed by atoms with Gasteiger partial charge in [-0.2, -0.15) is 0 Å². The standard InChI is InChI=1S/C18H19NO2/c20-18(19-16-11-12-21-13-16)17(14-7-3-1-4-8-14)15-9-5-2-6-10-15/h1-10,16-17H,11-13H2,(H,19,20)/t16-/m0/s1. The molecule has 0 aliphatic carbocycles. The number of ether oxygens (including phenoxy) is 1. The van der Waals surface area contributed by atoms with E-state index in [1.165, 1.54) is 0 Å². The van der Waals surface area contributed by atoms with Crippen LogP contribution < -0.4 is 5.32 Å². The molecule has 3 nitrogen and oxygen atoms in total. The Labute approximate surface area is 124 Å². The maximum absolute atomic E-state index is 12.7. The zero-order valence-electron chi connectivity index (χ0n) is 11.9. The number of amides is 1. The van der Waals surface area contributed by atoms with Crippen molar-refractivity contribution in [3.63, 3.8) is 0 Å². The number of rotatable bonds is 4. The third kappa shape index (κ3) is 3.31. The number of carbonyl (C=O) groups is 1. The van der Waals surface area contributed by atoms with Crippen molar-refractivity contribution >= 4 is 5.91 Å². The van der Waals surface area contributed by atoms with Gasteiger partial charge in [-0.05, 0) is 17.5 Å². The minimum atomic E-state index is -0.270. The van der Waals surface area contributed by atoms with Gasteiger partial charge in [0.1, 0.15) is 0 Å². The van der Waals surface area contributed by atoms with Crippen LogP contribution in [0.25, 0.3) is 0 Å². The molecule has 1 N–H and O–H groups in total. The Morgan fingerprint density at radius 2 is 1.57 bits per heavy atom. The van der Waals surface area contributed by atoms with E-state index in [1.54, 1.807) is 0 Å². The minimum Gasteiger partial charge on any atom is -0.379 e. The highest BCUT2D eigenvalue weighted by atomic mass is 16.5. The van der Waals surface area contributed by atoms with Crippen LogP contribution in [0.15, 0.2) is 60.7 Å². The lowest BCUT2D eigenvalue weighted by Crippen LogP contribution is -2.38. The van der Waals surface area contributed by atoms with E-state index in [0.29, 0.717) is 6.61 Å². The third-order valence-corrected chi connectivity index (χ3v) is 3.80. The van der Waals surface area contributed by atoms with Crippen LogP contribution in [0.2, 0.25) is 0 Å². The van der Waals surface area contributed by atoms with Gasteiger partial charge in [0.25, 0.3) is 0 Å². The van der Waals surface area contributed by atoms with Crippen molar-refractivity contribution in [1.82, 2.24) is 5.32 Å². The Bertz CT molecular complexity index is 537. The predicted molar refractivity (Wildman–Crippen MR) is 82.1 cm³/mol. The van der Waals surface area contributed by atoms with E-state index >= 15 is 0 Å². The van der Waals surface area contributed by atoms with Gasteiger partial charge in [0.15, 0.2) is 0 Å². The maximum atomic E-state index is 12.7. The smallest absolute Gasteiger partial charge is 0.232 e. The summed E-state index contributed by atoms with van der Waals surface area (Å²) >= 11 is 0. The van der Waals surface area contributed by atoms with Gasteiger partial charge >= 0.3 is 0 Å². The van der Waals surface area contributed by atoms with E-state index in [4.69, 9.17) is 4.74 Å². The van der Waals surface area contributed by atoms with E-state index in [9.17, 15) is 4.79 Å². The summed E-state index contributed by atoms with van der Waals surface area (Å²) in [7, 11) is 0. The molecule has 3 rings (SSSR count). The second-order valence-corrected chi connectivity index (χ2v) is 5.32. The molecule has 0 unspecified atom stereocenters. The van der Waals surface area contributed by atoms with E-state index in [2.05, 4.69) is 5.32 Å². The van der Waals surface area contributed by atoms with E-state index in [0.717, 1.165) is 24.2 Å². The molecule has 0 aromatic heterocycles. The fraction of sp³-hybridized carbons (Fsp3) is 0.278. The fourth-order valence-corrected chi connectivity index (χ4v) is 2.72. The molecule has 0 bridgehead atoms. The summed E-state index contributed by atoms with van der Waals surface area (Å²) in [6.45, 7) is 1.34. The molecule has 1 amide bonds. The van der Waals surface area contributed by atoms with Gasteiger partial charge in [-0.25, -0.2) is 0 Å². The topological polar surface area (TPSA) is 38.3 Å². The Hall–Kier alpha value is -2.13. The average molecular weight is 281 g/mol. The summed E-state index contributed by atoms with van der Waals surface area (Å²) in [5, 5.41) is 3.11. The molecule has 1 aliphatic heterocycles. The number of hydrogen-bond donors (Lipinski definition) is 1. The summed E-state index contributed by atoms with van der Waals surface area (Å²) in [6.07, 6.45) is 0.891. The molecule has 108 valence electrons. The summed E-state index contributed by atoms with van der Waals surface area (Å²) in [6, 6.07) is 20.0. The Morgan fingerprint density at radius 1 is 1.00 bits per heavy atom. The average Bonchev–Trinajstić information content (AvgIpc) is 3.02. The molecular weight excluding hydrogens is 262 g/mol. The van der Waals surface area contributed by atoms with Gasteiger partial charge in [0, 0.05) is 6.61 Å². The first-order valence-electron chi connectivity index (χ1n) is 7.32. The van der Waals surface area contributed by atoms with Crippen molar-refractivity contribution in [2.45, 2.75) is 18.4 Å².